The molecule has 1 aromatic heterocycles. The number of aliphatic carboxylic acids is 1. The van der Waals surface area contributed by atoms with Gasteiger partial charge in [-0.15, -0.1) is 10.2 Å². The predicted octanol–water partition coefficient (Wildman–Crippen LogP) is -0.360. The topological polar surface area (TPSA) is 71.2 Å². The zero-order chi connectivity index (χ0) is 11.0. The average Bonchev–Trinajstić information content (AvgIpc) is 2.40. The number of carboxylic acids is 1. The summed E-state index contributed by atoms with van der Waals surface area (Å²) in [6.07, 6.45) is 0. The SMILES string of the molecule is Cc1nnc(CN2CC(C(=O)O)C2)n1C. The van der Waals surface area contributed by atoms with Crippen molar-refractivity contribution in [3.05, 3.63) is 11.6 Å². The number of aromatic nitrogens is 3. The Morgan fingerprint density at radius 2 is 2.20 bits per heavy atom. The quantitative estimate of drug-likeness (QED) is 0.737. The fourth-order valence-corrected chi connectivity index (χ4v) is 1.64. The van der Waals surface area contributed by atoms with Gasteiger partial charge in [-0.1, -0.05) is 0 Å². The third-order valence-electron chi connectivity index (χ3n) is 2.85. The van der Waals surface area contributed by atoms with E-state index in [0.717, 1.165) is 11.6 Å². The standard InChI is InChI=1S/C9H14N4O2/c1-6-10-11-8(12(6)2)5-13-3-7(4-13)9(14)15/h7H,3-5H2,1-2H3,(H,14,15). The van der Waals surface area contributed by atoms with Crippen molar-refractivity contribution in [1.29, 1.82) is 0 Å². The second-order valence-electron chi connectivity index (χ2n) is 3.95. The van der Waals surface area contributed by atoms with E-state index in [1.807, 2.05) is 18.5 Å². The summed E-state index contributed by atoms with van der Waals surface area (Å²) in [7, 11) is 1.92. The lowest BCUT2D eigenvalue weighted by Gasteiger charge is -2.35. The van der Waals surface area contributed by atoms with Crippen LogP contribution < -0.4 is 0 Å². The molecule has 0 atom stereocenters. The summed E-state index contributed by atoms with van der Waals surface area (Å²) in [5.74, 6) is 0.844. The molecule has 1 aromatic rings. The molecule has 0 aromatic carbocycles. The molecule has 6 heteroatoms. The first kappa shape index (κ1) is 10.1. The van der Waals surface area contributed by atoms with Gasteiger partial charge in [0.1, 0.15) is 11.6 Å². The van der Waals surface area contributed by atoms with Gasteiger partial charge in [-0.05, 0) is 6.92 Å². The van der Waals surface area contributed by atoms with Crippen LogP contribution in [0.4, 0.5) is 0 Å². The van der Waals surface area contributed by atoms with Crippen LogP contribution in [0, 0.1) is 12.8 Å². The number of hydrogen-bond acceptors (Lipinski definition) is 4. The molecular formula is C9H14N4O2. The van der Waals surface area contributed by atoms with E-state index < -0.39 is 5.97 Å². The van der Waals surface area contributed by atoms with E-state index in [9.17, 15) is 4.79 Å². The Bertz CT molecular complexity index is 381. The minimum atomic E-state index is -0.708. The van der Waals surface area contributed by atoms with Gasteiger partial charge in [-0.2, -0.15) is 0 Å². The summed E-state index contributed by atoms with van der Waals surface area (Å²) < 4.78 is 1.92. The van der Waals surface area contributed by atoms with Crippen molar-refractivity contribution in [2.75, 3.05) is 13.1 Å². The van der Waals surface area contributed by atoms with Gasteiger partial charge < -0.3 is 9.67 Å². The van der Waals surface area contributed by atoms with Crippen molar-refractivity contribution in [1.82, 2.24) is 19.7 Å². The first-order valence-electron chi connectivity index (χ1n) is 4.88. The molecule has 0 bridgehead atoms. The average molecular weight is 210 g/mol. The van der Waals surface area contributed by atoms with Crippen molar-refractivity contribution in [3.63, 3.8) is 0 Å². The second-order valence-corrected chi connectivity index (χ2v) is 3.95. The highest BCUT2D eigenvalue weighted by Gasteiger charge is 2.32. The van der Waals surface area contributed by atoms with E-state index in [-0.39, 0.29) is 5.92 Å². The van der Waals surface area contributed by atoms with Gasteiger partial charge in [0.25, 0.3) is 0 Å². The molecule has 0 amide bonds. The van der Waals surface area contributed by atoms with Gasteiger partial charge >= 0.3 is 5.97 Å². The molecule has 1 fully saturated rings. The highest BCUT2D eigenvalue weighted by molar-refractivity contribution is 5.71. The molecule has 1 aliphatic rings. The third kappa shape index (κ3) is 1.85. The number of aryl methyl sites for hydroxylation is 1. The first-order valence-corrected chi connectivity index (χ1v) is 4.88. The van der Waals surface area contributed by atoms with Gasteiger partial charge in [0.05, 0.1) is 12.5 Å². The van der Waals surface area contributed by atoms with E-state index in [0.29, 0.717) is 19.6 Å². The molecule has 2 rings (SSSR count). The minimum absolute atomic E-state index is 0.209. The maximum Gasteiger partial charge on any atom is 0.309 e. The van der Waals surface area contributed by atoms with Crippen LogP contribution in [-0.4, -0.2) is 43.8 Å². The number of carboxylic acid groups (broad SMARTS) is 1. The molecule has 6 nitrogen and oxygen atoms in total. The first-order chi connectivity index (χ1) is 7.08. The maximum atomic E-state index is 10.6. The summed E-state index contributed by atoms with van der Waals surface area (Å²) in [5.41, 5.74) is 0. The van der Waals surface area contributed by atoms with Crippen molar-refractivity contribution >= 4 is 5.97 Å². The number of nitrogens with zero attached hydrogens (tertiary/aromatic N) is 4. The molecule has 0 unspecified atom stereocenters. The Morgan fingerprint density at radius 3 is 2.67 bits per heavy atom. The number of rotatable bonds is 3. The van der Waals surface area contributed by atoms with Gasteiger partial charge in [0, 0.05) is 20.1 Å². The van der Waals surface area contributed by atoms with Crippen LogP contribution in [0.3, 0.4) is 0 Å². The van der Waals surface area contributed by atoms with Crippen LogP contribution >= 0.6 is 0 Å². The molecule has 1 aliphatic heterocycles. The zero-order valence-electron chi connectivity index (χ0n) is 8.84. The van der Waals surface area contributed by atoms with E-state index >= 15 is 0 Å². The maximum absolute atomic E-state index is 10.6. The molecule has 0 saturated carbocycles. The van der Waals surface area contributed by atoms with Crippen molar-refractivity contribution < 1.29 is 9.90 Å². The lowest BCUT2D eigenvalue weighted by atomic mass is 10.0. The zero-order valence-corrected chi connectivity index (χ0v) is 8.84. The monoisotopic (exact) mass is 210 g/mol. The molecule has 0 spiro atoms. The molecule has 1 saturated heterocycles. The fourth-order valence-electron chi connectivity index (χ4n) is 1.64. The summed E-state index contributed by atoms with van der Waals surface area (Å²) in [6, 6.07) is 0. The van der Waals surface area contributed by atoms with Crippen molar-refractivity contribution in [2.24, 2.45) is 13.0 Å². The molecule has 15 heavy (non-hydrogen) atoms. The summed E-state index contributed by atoms with van der Waals surface area (Å²) in [5, 5.41) is 16.7. The van der Waals surface area contributed by atoms with Crippen molar-refractivity contribution in [2.45, 2.75) is 13.5 Å². The number of likely N-dealkylation sites (tertiary alicyclic amines) is 1. The second kappa shape index (κ2) is 3.62. The number of hydrogen-bond donors (Lipinski definition) is 1. The van der Waals surface area contributed by atoms with Gasteiger partial charge in [-0.3, -0.25) is 9.69 Å². The Hall–Kier alpha value is -1.43. The van der Waals surface area contributed by atoms with E-state index in [4.69, 9.17) is 5.11 Å². The molecule has 0 aliphatic carbocycles. The van der Waals surface area contributed by atoms with Crippen LogP contribution in [-0.2, 0) is 18.4 Å². The molecule has 1 N–H and O–H groups in total. The smallest absolute Gasteiger partial charge is 0.309 e. The van der Waals surface area contributed by atoms with Crippen LogP contribution in [0.1, 0.15) is 11.6 Å². The van der Waals surface area contributed by atoms with E-state index in [1.165, 1.54) is 0 Å². The minimum Gasteiger partial charge on any atom is -0.481 e. The molecule has 82 valence electrons. The molecule has 2 heterocycles. The van der Waals surface area contributed by atoms with Crippen LogP contribution in [0.25, 0.3) is 0 Å². The lowest BCUT2D eigenvalue weighted by Crippen LogP contribution is -2.49. The highest BCUT2D eigenvalue weighted by Crippen LogP contribution is 2.17. The largest absolute Gasteiger partial charge is 0.481 e. The summed E-state index contributed by atoms with van der Waals surface area (Å²) in [6.45, 7) is 3.80. The Labute approximate surface area is 87.5 Å². The van der Waals surface area contributed by atoms with Gasteiger partial charge in [0.2, 0.25) is 0 Å². The Kier molecular flexibility index (Phi) is 2.44. The Morgan fingerprint density at radius 1 is 1.53 bits per heavy atom. The summed E-state index contributed by atoms with van der Waals surface area (Å²) >= 11 is 0. The normalized spacial score (nSPS) is 17.7. The highest BCUT2D eigenvalue weighted by atomic mass is 16.4. The summed E-state index contributed by atoms with van der Waals surface area (Å²) in [4.78, 5) is 12.6. The lowest BCUT2D eigenvalue weighted by molar-refractivity contribution is -0.147. The van der Waals surface area contributed by atoms with E-state index in [2.05, 4.69) is 15.1 Å². The predicted molar refractivity (Wildman–Crippen MR) is 52.1 cm³/mol. The van der Waals surface area contributed by atoms with Crippen LogP contribution in [0.15, 0.2) is 0 Å². The van der Waals surface area contributed by atoms with E-state index in [1.54, 1.807) is 0 Å². The van der Waals surface area contributed by atoms with Crippen LogP contribution in [0.5, 0.6) is 0 Å². The number of carbonyl (C=O) groups is 1. The molecular weight excluding hydrogens is 196 g/mol. The third-order valence-corrected chi connectivity index (χ3v) is 2.85. The van der Waals surface area contributed by atoms with Gasteiger partial charge in [0.15, 0.2) is 0 Å². The molecule has 0 radical (unpaired) electrons. The van der Waals surface area contributed by atoms with Crippen molar-refractivity contribution in [3.8, 4) is 0 Å². The fraction of sp³-hybridized carbons (Fsp3) is 0.667. The Balaban J connectivity index is 1.90. The van der Waals surface area contributed by atoms with Gasteiger partial charge in [-0.25, -0.2) is 0 Å². The van der Waals surface area contributed by atoms with Crippen LogP contribution in [0.2, 0.25) is 0 Å².